The van der Waals surface area contributed by atoms with Crippen LogP contribution in [0.3, 0.4) is 0 Å². The van der Waals surface area contributed by atoms with Crippen molar-refractivity contribution in [2.45, 2.75) is 19.8 Å². The van der Waals surface area contributed by atoms with E-state index in [4.69, 9.17) is 35.4 Å². The maximum Gasteiger partial charge on any atom is 0.257 e. The molecule has 2 aromatic carbocycles. The predicted molar refractivity (Wildman–Crippen MR) is 101 cm³/mol. The zero-order chi connectivity index (χ0) is 17.0. The lowest BCUT2D eigenvalue weighted by molar-refractivity contribution is 0.0978. The van der Waals surface area contributed by atoms with Crippen LogP contribution in [0.2, 0.25) is 10.0 Å². The number of carbonyl (C=O) groups excluding carboxylic acids is 1. The first-order chi connectivity index (χ1) is 10.9. The van der Waals surface area contributed by atoms with Gasteiger partial charge in [0, 0.05) is 11.3 Å². The van der Waals surface area contributed by atoms with Gasteiger partial charge in [-0.3, -0.25) is 10.1 Å². The Balaban J connectivity index is 2.07. The molecule has 0 spiro atoms. The number of halogens is 2. The smallest absolute Gasteiger partial charge is 0.257 e. The average Bonchev–Trinajstić information content (AvgIpc) is 2.50. The lowest BCUT2D eigenvalue weighted by Crippen LogP contribution is -2.34. The molecule has 0 bridgehead atoms. The van der Waals surface area contributed by atoms with E-state index >= 15 is 0 Å². The van der Waals surface area contributed by atoms with Crippen LogP contribution >= 0.6 is 35.4 Å². The van der Waals surface area contributed by atoms with Crippen molar-refractivity contribution in [3.05, 3.63) is 63.6 Å². The molecule has 2 N–H and O–H groups in total. The molecule has 0 aliphatic rings. The molecule has 120 valence electrons. The number of thiocarbonyl (C=S) groups is 1. The number of para-hydroxylation sites is 1. The summed E-state index contributed by atoms with van der Waals surface area (Å²) in [7, 11) is 0. The van der Waals surface area contributed by atoms with Gasteiger partial charge in [-0.15, -0.1) is 0 Å². The van der Waals surface area contributed by atoms with Crippen molar-refractivity contribution >= 4 is 52.1 Å². The number of anilines is 1. The van der Waals surface area contributed by atoms with E-state index < -0.39 is 0 Å². The van der Waals surface area contributed by atoms with Gasteiger partial charge in [-0.2, -0.15) is 0 Å². The van der Waals surface area contributed by atoms with Crippen LogP contribution in [0.5, 0.6) is 0 Å². The molecule has 2 aromatic rings. The third-order valence-corrected chi connectivity index (χ3v) is 4.18. The van der Waals surface area contributed by atoms with Crippen LogP contribution in [0.15, 0.2) is 42.5 Å². The summed E-state index contributed by atoms with van der Waals surface area (Å²) < 4.78 is 0. The van der Waals surface area contributed by atoms with Crippen molar-refractivity contribution in [2.24, 2.45) is 0 Å². The standard InChI is InChI=1S/C17H16Cl2N2OS/c1-10(2)12-5-3-4-6-15(12)20-17(23)21-16(22)11-7-8-13(18)14(19)9-11/h3-10H,1-2H3,(H2,20,21,22,23). The minimum Gasteiger partial charge on any atom is -0.332 e. The molecule has 3 nitrogen and oxygen atoms in total. The van der Waals surface area contributed by atoms with E-state index in [0.717, 1.165) is 11.3 Å². The van der Waals surface area contributed by atoms with Crippen molar-refractivity contribution in [3.8, 4) is 0 Å². The van der Waals surface area contributed by atoms with Gasteiger partial charge < -0.3 is 5.32 Å². The van der Waals surface area contributed by atoms with Crippen LogP contribution < -0.4 is 10.6 Å². The molecule has 0 radical (unpaired) electrons. The number of benzene rings is 2. The number of nitrogens with one attached hydrogen (secondary N) is 2. The molecule has 0 aromatic heterocycles. The largest absolute Gasteiger partial charge is 0.332 e. The summed E-state index contributed by atoms with van der Waals surface area (Å²) in [4.78, 5) is 12.2. The Morgan fingerprint density at radius 1 is 1.09 bits per heavy atom. The summed E-state index contributed by atoms with van der Waals surface area (Å²) >= 11 is 17.0. The van der Waals surface area contributed by atoms with Gasteiger partial charge in [0.2, 0.25) is 0 Å². The second-order valence-corrected chi connectivity index (χ2v) is 6.50. The molecule has 0 aliphatic carbocycles. The summed E-state index contributed by atoms with van der Waals surface area (Å²) in [6, 6.07) is 12.5. The third kappa shape index (κ3) is 4.67. The summed E-state index contributed by atoms with van der Waals surface area (Å²) in [5, 5.41) is 6.65. The maximum absolute atomic E-state index is 12.2. The fraction of sp³-hybridized carbons (Fsp3) is 0.176. The van der Waals surface area contributed by atoms with Crippen LogP contribution in [0, 0.1) is 0 Å². The van der Waals surface area contributed by atoms with Crippen LogP contribution in [0.4, 0.5) is 5.69 Å². The highest BCUT2D eigenvalue weighted by molar-refractivity contribution is 7.80. The number of carbonyl (C=O) groups is 1. The molecular weight excluding hydrogens is 351 g/mol. The molecule has 0 atom stereocenters. The van der Waals surface area contributed by atoms with Gasteiger partial charge in [0.05, 0.1) is 10.0 Å². The van der Waals surface area contributed by atoms with Crippen LogP contribution in [0.1, 0.15) is 35.7 Å². The highest BCUT2D eigenvalue weighted by Crippen LogP contribution is 2.24. The Morgan fingerprint density at radius 3 is 2.43 bits per heavy atom. The topological polar surface area (TPSA) is 41.1 Å². The van der Waals surface area contributed by atoms with Crippen LogP contribution in [-0.4, -0.2) is 11.0 Å². The van der Waals surface area contributed by atoms with E-state index in [1.54, 1.807) is 12.1 Å². The molecule has 0 aliphatic heterocycles. The Morgan fingerprint density at radius 2 is 1.78 bits per heavy atom. The van der Waals surface area contributed by atoms with E-state index in [1.807, 2.05) is 24.3 Å². The second-order valence-electron chi connectivity index (χ2n) is 5.28. The number of hydrogen-bond acceptors (Lipinski definition) is 2. The normalized spacial score (nSPS) is 10.5. The summed E-state index contributed by atoms with van der Waals surface area (Å²) in [6.07, 6.45) is 0. The monoisotopic (exact) mass is 366 g/mol. The minimum atomic E-state index is -0.344. The zero-order valence-electron chi connectivity index (χ0n) is 12.7. The zero-order valence-corrected chi connectivity index (χ0v) is 15.0. The lowest BCUT2D eigenvalue weighted by Gasteiger charge is -2.15. The molecule has 6 heteroatoms. The molecule has 0 saturated heterocycles. The van der Waals surface area contributed by atoms with Gasteiger partial charge in [0.1, 0.15) is 0 Å². The maximum atomic E-state index is 12.2. The molecule has 23 heavy (non-hydrogen) atoms. The van der Waals surface area contributed by atoms with Crippen molar-refractivity contribution < 1.29 is 4.79 Å². The molecule has 0 saturated carbocycles. The number of amides is 1. The van der Waals surface area contributed by atoms with Gasteiger partial charge in [0.25, 0.3) is 5.91 Å². The Bertz CT molecular complexity index is 747. The van der Waals surface area contributed by atoms with E-state index in [1.165, 1.54) is 6.07 Å². The fourth-order valence-corrected chi connectivity index (χ4v) is 2.58. The minimum absolute atomic E-state index is 0.231. The van der Waals surface area contributed by atoms with Gasteiger partial charge in [-0.05, 0) is 48.0 Å². The molecule has 2 rings (SSSR count). The average molecular weight is 367 g/mol. The van der Waals surface area contributed by atoms with Crippen LogP contribution in [-0.2, 0) is 0 Å². The Kier molecular flexibility index (Phi) is 5.99. The summed E-state index contributed by atoms with van der Waals surface area (Å²) in [5.41, 5.74) is 2.39. The van der Waals surface area contributed by atoms with E-state index in [-0.39, 0.29) is 11.0 Å². The second kappa shape index (κ2) is 7.77. The van der Waals surface area contributed by atoms with Crippen molar-refractivity contribution in [3.63, 3.8) is 0 Å². The van der Waals surface area contributed by atoms with Gasteiger partial charge in [0.15, 0.2) is 5.11 Å². The van der Waals surface area contributed by atoms with Gasteiger partial charge >= 0.3 is 0 Å². The number of rotatable bonds is 3. The third-order valence-electron chi connectivity index (χ3n) is 3.24. The van der Waals surface area contributed by atoms with Crippen molar-refractivity contribution in [1.82, 2.24) is 5.32 Å². The molecule has 0 unspecified atom stereocenters. The fourth-order valence-electron chi connectivity index (χ4n) is 2.08. The highest BCUT2D eigenvalue weighted by atomic mass is 35.5. The molecular formula is C17H16Cl2N2OS. The lowest BCUT2D eigenvalue weighted by atomic mass is 10.0. The predicted octanol–water partition coefficient (Wildman–Crippen LogP) is 5.24. The van der Waals surface area contributed by atoms with E-state index in [2.05, 4.69) is 24.5 Å². The molecule has 0 heterocycles. The first kappa shape index (κ1) is 17.7. The Labute approximate surface area is 151 Å². The van der Waals surface area contributed by atoms with E-state index in [9.17, 15) is 4.79 Å². The van der Waals surface area contributed by atoms with Crippen molar-refractivity contribution in [1.29, 1.82) is 0 Å². The first-order valence-corrected chi connectivity index (χ1v) is 8.21. The van der Waals surface area contributed by atoms with Crippen LogP contribution in [0.25, 0.3) is 0 Å². The first-order valence-electron chi connectivity index (χ1n) is 7.04. The SMILES string of the molecule is CC(C)c1ccccc1NC(=S)NC(=O)c1ccc(Cl)c(Cl)c1. The summed E-state index contributed by atoms with van der Waals surface area (Å²) in [6.45, 7) is 4.19. The summed E-state index contributed by atoms with van der Waals surface area (Å²) in [5.74, 6) is -0.00429. The van der Waals surface area contributed by atoms with Gasteiger partial charge in [-0.25, -0.2) is 0 Å². The molecule has 0 fully saturated rings. The van der Waals surface area contributed by atoms with E-state index in [0.29, 0.717) is 21.5 Å². The van der Waals surface area contributed by atoms with Crippen molar-refractivity contribution in [2.75, 3.05) is 5.32 Å². The highest BCUT2D eigenvalue weighted by Gasteiger charge is 2.12. The molecule has 1 amide bonds. The van der Waals surface area contributed by atoms with Gasteiger partial charge in [-0.1, -0.05) is 55.2 Å². The Hall–Kier alpha value is -1.62. The quantitative estimate of drug-likeness (QED) is 0.729. The number of hydrogen-bond donors (Lipinski definition) is 2.